The summed E-state index contributed by atoms with van der Waals surface area (Å²) in [5.41, 5.74) is 2.31. The molecular formula is C19H15F3N4. The predicted octanol–water partition coefficient (Wildman–Crippen LogP) is 4.23. The van der Waals surface area contributed by atoms with Gasteiger partial charge in [-0.1, -0.05) is 6.92 Å². The number of nitrogens with zero attached hydrogens (tertiary/aromatic N) is 4. The lowest BCUT2D eigenvalue weighted by Crippen LogP contribution is -2.05. The lowest BCUT2D eigenvalue weighted by molar-refractivity contribution is 0.600. The highest BCUT2D eigenvalue weighted by Crippen LogP contribution is 2.24. The molecule has 4 rings (SSSR count). The van der Waals surface area contributed by atoms with Crippen molar-refractivity contribution in [3.63, 3.8) is 0 Å². The van der Waals surface area contributed by atoms with Gasteiger partial charge in [0.1, 0.15) is 28.9 Å². The van der Waals surface area contributed by atoms with Crippen LogP contribution >= 0.6 is 0 Å². The first-order valence-electron chi connectivity index (χ1n) is 8.18. The second-order valence-electron chi connectivity index (χ2n) is 5.94. The van der Waals surface area contributed by atoms with E-state index in [9.17, 15) is 13.2 Å². The van der Waals surface area contributed by atoms with E-state index in [1.807, 2.05) is 6.92 Å². The Hall–Kier alpha value is -3.09. The van der Waals surface area contributed by atoms with Crippen molar-refractivity contribution in [2.24, 2.45) is 0 Å². The normalized spacial score (nSPS) is 11.4. The standard InChI is InChI=1S/C19H15F3N4/c1-2-17-16(24-18-6-4-13(21)10-26(17)18)11-25-8-7-23-19(25)14-9-12(20)3-5-15(14)22/h3-10H,2,11H2,1H3. The van der Waals surface area contributed by atoms with Crippen molar-refractivity contribution >= 4 is 5.65 Å². The Morgan fingerprint density at radius 2 is 1.85 bits per heavy atom. The molecule has 0 atom stereocenters. The van der Waals surface area contributed by atoms with Gasteiger partial charge in [-0.05, 0) is 36.8 Å². The Bertz CT molecular complexity index is 1100. The molecule has 0 radical (unpaired) electrons. The van der Waals surface area contributed by atoms with Crippen LogP contribution in [0.15, 0.2) is 48.9 Å². The van der Waals surface area contributed by atoms with E-state index < -0.39 is 11.6 Å². The number of rotatable bonds is 4. The highest BCUT2D eigenvalue weighted by Gasteiger charge is 2.16. The zero-order valence-corrected chi connectivity index (χ0v) is 14.0. The molecule has 0 aliphatic carbocycles. The van der Waals surface area contributed by atoms with E-state index in [1.165, 1.54) is 18.5 Å². The third-order valence-corrected chi connectivity index (χ3v) is 4.30. The molecule has 4 aromatic rings. The second kappa shape index (κ2) is 6.33. The molecule has 0 N–H and O–H groups in total. The van der Waals surface area contributed by atoms with Crippen molar-refractivity contribution in [1.82, 2.24) is 18.9 Å². The number of benzene rings is 1. The number of halogens is 3. The number of hydrogen-bond acceptors (Lipinski definition) is 2. The minimum atomic E-state index is -0.549. The summed E-state index contributed by atoms with van der Waals surface area (Å²) in [7, 11) is 0. The molecular weight excluding hydrogens is 341 g/mol. The average Bonchev–Trinajstić information content (AvgIpc) is 3.21. The second-order valence-corrected chi connectivity index (χ2v) is 5.94. The van der Waals surface area contributed by atoms with Crippen LogP contribution < -0.4 is 0 Å². The maximum absolute atomic E-state index is 14.1. The van der Waals surface area contributed by atoms with Crippen molar-refractivity contribution in [2.45, 2.75) is 19.9 Å². The Balaban J connectivity index is 1.79. The maximum Gasteiger partial charge on any atom is 0.143 e. The van der Waals surface area contributed by atoms with Crippen LogP contribution in [-0.4, -0.2) is 18.9 Å². The molecule has 3 aromatic heterocycles. The van der Waals surface area contributed by atoms with Gasteiger partial charge in [0.2, 0.25) is 0 Å². The zero-order valence-electron chi connectivity index (χ0n) is 14.0. The monoisotopic (exact) mass is 356 g/mol. The summed E-state index contributed by atoms with van der Waals surface area (Å²) in [6.45, 7) is 2.27. The SMILES string of the molecule is CCc1c(Cn2ccnc2-c2cc(F)ccc2F)nc2ccc(F)cn12. The minimum Gasteiger partial charge on any atom is -0.325 e. The van der Waals surface area contributed by atoms with Crippen molar-refractivity contribution in [3.8, 4) is 11.4 Å². The lowest BCUT2D eigenvalue weighted by Gasteiger charge is -2.09. The van der Waals surface area contributed by atoms with Crippen molar-refractivity contribution in [3.05, 3.63) is 77.8 Å². The first-order valence-corrected chi connectivity index (χ1v) is 8.18. The van der Waals surface area contributed by atoms with Gasteiger partial charge < -0.3 is 8.97 Å². The van der Waals surface area contributed by atoms with Crippen LogP contribution in [0, 0.1) is 17.5 Å². The highest BCUT2D eigenvalue weighted by atomic mass is 19.1. The highest BCUT2D eigenvalue weighted by molar-refractivity contribution is 5.57. The molecule has 0 aliphatic rings. The Morgan fingerprint density at radius 3 is 2.65 bits per heavy atom. The summed E-state index contributed by atoms with van der Waals surface area (Å²) in [6, 6.07) is 6.23. The number of hydrogen-bond donors (Lipinski definition) is 0. The van der Waals surface area contributed by atoms with Gasteiger partial charge in [-0.15, -0.1) is 0 Å². The molecule has 0 unspecified atom stereocenters. The summed E-state index contributed by atoms with van der Waals surface area (Å²) in [5.74, 6) is -1.12. The quantitative estimate of drug-likeness (QED) is 0.549. The Morgan fingerprint density at radius 1 is 1.04 bits per heavy atom. The molecule has 0 spiro atoms. The smallest absolute Gasteiger partial charge is 0.143 e. The van der Waals surface area contributed by atoms with E-state index in [1.54, 1.807) is 21.2 Å². The summed E-state index contributed by atoms with van der Waals surface area (Å²) in [6.07, 6.45) is 5.26. The van der Waals surface area contributed by atoms with Gasteiger partial charge in [-0.25, -0.2) is 23.1 Å². The topological polar surface area (TPSA) is 35.1 Å². The summed E-state index contributed by atoms with van der Waals surface area (Å²) in [4.78, 5) is 8.72. The lowest BCUT2D eigenvalue weighted by atomic mass is 10.2. The molecule has 1 aromatic carbocycles. The van der Waals surface area contributed by atoms with Crippen molar-refractivity contribution in [2.75, 3.05) is 0 Å². The van der Waals surface area contributed by atoms with Crippen LogP contribution in [0.1, 0.15) is 18.3 Å². The average molecular weight is 356 g/mol. The molecule has 0 amide bonds. The van der Waals surface area contributed by atoms with Gasteiger partial charge in [0.15, 0.2) is 0 Å². The van der Waals surface area contributed by atoms with Gasteiger partial charge in [-0.2, -0.15) is 0 Å². The predicted molar refractivity (Wildman–Crippen MR) is 91.2 cm³/mol. The van der Waals surface area contributed by atoms with Gasteiger partial charge in [0, 0.05) is 24.3 Å². The molecule has 0 saturated carbocycles. The van der Waals surface area contributed by atoms with Gasteiger partial charge in [0.25, 0.3) is 0 Å². The van der Waals surface area contributed by atoms with E-state index in [4.69, 9.17) is 0 Å². The van der Waals surface area contributed by atoms with E-state index >= 15 is 0 Å². The molecule has 7 heteroatoms. The maximum atomic E-state index is 14.1. The number of fused-ring (bicyclic) bond motifs is 1. The third-order valence-electron chi connectivity index (χ3n) is 4.30. The van der Waals surface area contributed by atoms with Crippen molar-refractivity contribution in [1.29, 1.82) is 0 Å². The van der Waals surface area contributed by atoms with Crippen LogP contribution in [-0.2, 0) is 13.0 Å². The van der Waals surface area contributed by atoms with Gasteiger partial charge in [0.05, 0.1) is 17.8 Å². The van der Waals surface area contributed by atoms with Crippen molar-refractivity contribution < 1.29 is 13.2 Å². The molecule has 0 saturated heterocycles. The van der Waals surface area contributed by atoms with Crippen LogP contribution in [0.25, 0.3) is 17.0 Å². The van der Waals surface area contributed by atoms with E-state index in [0.29, 0.717) is 24.4 Å². The van der Waals surface area contributed by atoms with Crippen LogP contribution in [0.4, 0.5) is 13.2 Å². The number of aromatic nitrogens is 4. The van der Waals surface area contributed by atoms with Gasteiger partial charge >= 0.3 is 0 Å². The Kier molecular flexibility index (Phi) is 3.99. The molecule has 132 valence electrons. The molecule has 3 heterocycles. The fourth-order valence-corrected chi connectivity index (χ4v) is 3.13. The van der Waals surface area contributed by atoms with E-state index in [2.05, 4.69) is 9.97 Å². The number of imidazole rings is 2. The molecule has 26 heavy (non-hydrogen) atoms. The molecule has 4 nitrogen and oxygen atoms in total. The van der Waals surface area contributed by atoms with Gasteiger partial charge in [-0.3, -0.25) is 0 Å². The Labute approximate surface area is 147 Å². The largest absolute Gasteiger partial charge is 0.325 e. The number of aryl methyl sites for hydroxylation is 1. The first-order chi connectivity index (χ1) is 12.6. The fourth-order valence-electron chi connectivity index (χ4n) is 3.13. The third kappa shape index (κ3) is 2.75. The van der Waals surface area contributed by atoms with Crippen LogP contribution in [0.2, 0.25) is 0 Å². The summed E-state index contributed by atoms with van der Waals surface area (Å²) in [5, 5.41) is 0. The van der Waals surface area contributed by atoms with Crippen LogP contribution in [0.3, 0.4) is 0 Å². The van der Waals surface area contributed by atoms with E-state index in [0.717, 1.165) is 29.6 Å². The summed E-state index contributed by atoms with van der Waals surface area (Å²) >= 11 is 0. The molecule has 0 fully saturated rings. The van der Waals surface area contributed by atoms with E-state index in [-0.39, 0.29) is 11.4 Å². The summed E-state index contributed by atoms with van der Waals surface area (Å²) < 4.78 is 44.6. The number of pyridine rings is 1. The van der Waals surface area contributed by atoms with Crippen LogP contribution in [0.5, 0.6) is 0 Å². The first kappa shape index (κ1) is 16.4. The molecule has 0 bridgehead atoms. The minimum absolute atomic E-state index is 0.0860. The fraction of sp³-hybridized carbons (Fsp3) is 0.158. The molecule has 0 aliphatic heterocycles. The zero-order chi connectivity index (χ0) is 18.3.